The third kappa shape index (κ3) is 5.90. The SMILES string of the molecule is Cc1ccccc1C(CC(=O)c1ccc(=O)n(C)c1)c1ccc(CC(=O)ON)cc1.Cl. The number of ketones is 1. The molecule has 1 aromatic heterocycles. The summed E-state index contributed by atoms with van der Waals surface area (Å²) in [5.41, 5.74) is 4.23. The number of Topliss-reactive ketones (excluding diaryl/α,β-unsaturated/α-hetero) is 1. The van der Waals surface area contributed by atoms with Crippen molar-refractivity contribution in [1.29, 1.82) is 0 Å². The summed E-state index contributed by atoms with van der Waals surface area (Å²) in [5.74, 6) is 4.19. The molecular formula is C24H25ClN2O4. The molecule has 1 heterocycles. The van der Waals surface area contributed by atoms with Gasteiger partial charge in [-0.2, -0.15) is 5.90 Å². The zero-order valence-corrected chi connectivity index (χ0v) is 18.2. The maximum atomic E-state index is 13.0. The molecule has 1 unspecified atom stereocenters. The molecule has 0 aliphatic carbocycles. The molecule has 31 heavy (non-hydrogen) atoms. The molecule has 162 valence electrons. The van der Waals surface area contributed by atoms with Crippen LogP contribution in [0, 0.1) is 6.92 Å². The third-order valence-corrected chi connectivity index (χ3v) is 5.22. The van der Waals surface area contributed by atoms with Crippen molar-refractivity contribution in [3.63, 3.8) is 0 Å². The van der Waals surface area contributed by atoms with Gasteiger partial charge in [-0.1, -0.05) is 48.5 Å². The molecule has 2 N–H and O–H groups in total. The molecule has 0 fully saturated rings. The number of aromatic nitrogens is 1. The number of benzene rings is 2. The smallest absolute Gasteiger partial charge is 0.328 e. The third-order valence-electron chi connectivity index (χ3n) is 5.22. The van der Waals surface area contributed by atoms with Crippen molar-refractivity contribution in [2.75, 3.05) is 0 Å². The lowest BCUT2D eigenvalue weighted by Crippen LogP contribution is -2.18. The molecule has 6 nitrogen and oxygen atoms in total. The van der Waals surface area contributed by atoms with Gasteiger partial charge in [0.1, 0.15) is 0 Å². The Hall–Kier alpha value is -3.22. The first-order valence-corrected chi connectivity index (χ1v) is 9.63. The number of halogens is 1. The quantitative estimate of drug-likeness (QED) is 0.448. The molecule has 0 saturated carbocycles. The maximum Gasteiger partial charge on any atom is 0.328 e. The van der Waals surface area contributed by atoms with E-state index in [9.17, 15) is 14.4 Å². The van der Waals surface area contributed by atoms with E-state index in [0.29, 0.717) is 5.56 Å². The van der Waals surface area contributed by atoms with Crippen LogP contribution in [0.5, 0.6) is 0 Å². The van der Waals surface area contributed by atoms with E-state index in [0.717, 1.165) is 22.3 Å². The minimum atomic E-state index is -0.511. The van der Waals surface area contributed by atoms with Crippen LogP contribution in [0.4, 0.5) is 0 Å². The first-order valence-electron chi connectivity index (χ1n) is 9.63. The number of pyridine rings is 1. The normalized spacial score (nSPS) is 11.3. The Morgan fingerprint density at radius 3 is 2.32 bits per heavy atom. The van der Waals surface area contributed by atoms with Gasteiger partial charge in [0, 0.05) is 37.2 Å². The monoisotopic (exact) mass is 440 g/mol. The summed E-state index contributed by atoms with van der Waals surface area (Å²) in [6, 6.07) is 18.5. The molecule has 1 atom stereocenters. The number of carbonyl (C=O) groups excluding carboxylic acids is 2. The summed E-state index contributed by atoms with van der Waals surface area (Å²) in [6.07, 6.45) is 1.91. The summed E-state index contributed by atoms with van der Waals surface area (Å²) in [4.78, 5) is 40.3. The Kier molecular flexibility index (Phi) is 8.30. The summed E-state index contributed by atoms with van der Waals surface area (Å²) in [5, 5.41) is 0. The zero-order valence-electron chi connectivity index (χ0n) is 17.4. The van der Waals surface area contributed by atoms with Crippen molar-refractivity contribution >= 4 is 24.2 Å². The summed E-state index contributed by atoms with van der Waals surface area (Å²) in [6.45, 7) is 2.02. The molecule has 7 heteroatoms. The number of nitrogens with zero attached hydrogens (tertiary/aromatic N) is 1. The number of carbonyl (C=O) groups is 2. The van der Waals surface area contributed by atoms with Crippen molar-refractivity contribution in [3.05, 3.63) is 105 Å². The van der Waals surface area contributed by atoms with Crippen LogP contribution in [0.1, 0.15) is 45.0 Å². The molecule has 0 radical (unpaired) electrons. The van der Waals surface area contributed by atoms with E-state index in [1.54, 1.807) is 19.3 Å². The van der Waals surface area contributed by atoms with Crippen molar-refractivity contribution in [2.24, 2.45) is 12.9 Å². The predicted octanol–water partition coefficient (Wildman–Crippen LogP) is 3.48. The minimum Gasteiger partial charge on any atom is -0.373 e. The number of rotatable bonds is 7. The molecular weight excluding hydrogens is 416 g/mol. The average Bonchev–Trinajstić information content (AvgIpc) is 2.75. The lowest BCUT2D eigenvalue weighted by atomic mass is 9.83. The molecule has 3 aromatic rings. The number of aryl methyl sites for hydroxylation is 2. The van der Waals surface area contributed by atoms with Crippen molar-refractivity contribution in [3.8, 4) is 0 Å². The number of nitrogens with two attached hydrogens (primary N) is 1. The Labute approximate surface area is 187 Å². The van der Waals surface area contributed by atoms with Gasteiger partial charge in [-0.15, -0.1) is 12.4 Å². The van der Waals surface area contributed by atoms with Crippen LogP contribution in [0.3, 0.4) is 0 Å². The summed E-state index contributed by atoms with van der Waals surface area (Å²) < 4.78 is 1.40. The van der Waals surface area contributed by atoms with Gasteiger partial charge in [0.05, 0.1) is 6.42 Å². The standard InChI is InChI=1S/C24H24N2O4.ClH/c1-16-5-3-4-6-20(16)21(14-22(27)19-11-12-23(28)26(2)15-19)18-9-7-17(8-10-18)13-24(29)30-25;/h3-12,15,21H,13-14,25H2,1-2H3;1H. The fourth-order valence-corrected chi connectivity index (χ4v) is 3.52. The van der Waals surface area contributed by atoms with Crippen molar-refractivity contribution in [2.45, 2.75) is 25.7 Å². The van der Waals surface area contributed by atoms with E-state index in [1.807, 2.05) is 55.5 Å². The van der Waals surface area contributed by atoms with Gasteiger partial charge in [-0.3, -0.25) is 14.4 Å². The van der Waals surface area contributed by atoms with Crippen LogP contribution in [-0.2, 0) is 23.1 Å². The van der Waals surface area contributed by atoms with Crippen molar-refractivity contribution < 1.29 is 14.4 Å². The van der Waals surface area contributed by atoms with Crippen LogP contribution in [0.2, 0.25) is 0 Å². The highest BCUT2D eigenvalue weighted by atomic mass is 35.5. The van der Waals surface area contributed by atoms with Gasteiger partial charge in [-0.05, 0) is 35.2 Å². The van der Waals surface area contributed by atoms with E-state index in [2.05, 4.69) is 4.84 Å². The fraction of sp³-hybridized carbons (Fsp3) is 0.208. The molecule has 0 spiro atoms. The van der Waals surface area contributed by atoms with E-state index in [-0.39, 0.29) is 42.5 Å². The van der Waals surface area contributed by atoms with E-state index >= 15 is 0 Å². The summed E-state index contributed by atoms with van der Waals surface area (Å²) >= 11 is 0. The highest BCUT2D eigenvalue weighted by Gasteiger charge is 2.21. The molecule has 3 rings (SSSR count). The molecule has 0 aliphatic rings. The average molecular weight is 441 g/mol. The first-order chi connectivity index (χ1) is 14.4. The van der Waals surface area contributed by atoms with Gasteiger partial charge in [0.25, 0.3) is 0 Å². The lowest BCUT2D eigenvalue weighted by Gasteiger charge is -2.20. The Bertz CT molecular complexity index is 1120. The van der Waals surface area contributed by atoms with Gasteiger partial charge in [0.2, 0.25) is 5.56 Å². The number of hydrogen-bond donors (Lipinski definition) is 1. The lowest BCUT2D eigenvalue weighted by molar-refractivity contribution is -0.143. The van der Waals surface area contributed by atoms with Crippen LogP contribution < -0.4 is 11.5 Å². The second-order valence-electron chi connectivity index (χ2n) is 7.31. The number of hydrogen-bond acceptors (Lipinski definition) is 5. The molecule has 0 saturated heterocycles. The topological polar surface area (TPSA) is 91.4 Å². The van der Waals surface area contributed by atoms with Gasteiger partial charge in [0.15, 0.2) is 5.78 Å². The van der Waals surface area contributed by atoms with Crippen molar-refractivity contribution in [1.82, 2.24) is 4.57 Å². The predicted molar refractivity (Wildman–Crippen MR) is 121 cm³/mol. The maximum absolute atomic E-state index is 13.0. The van der Waals surface area contributed by atoms with E-state index in [4.69, 9.17) is 5.90 Å². The molecule has 2 aromatic carbocycles. The van der Waals surface area contributed by atoms with Crippen LogP contribution in [0.25, 0.3) is 0 Å². The molecule has 0 bridgehead atoms. The van der Waals surface area contributed by atoms with Crippen LogP contribution in [-0.4, -0.2) is 16.3 Å². The van der Waals surface area contributed by atoms with E-state index < -0.39 is 5.97 Å². The Morgan fingerprint density at radius 2 is 1.71 bits per heavy atom. The van der Waals surface area contributed by atoms with Gasteiger partial charge >= 0.3 is 5.97 Å². The molecule has 0 aliphatic heterocycles. The Balaban J connectivity index is 0.00000341. The van der Waals surface area contributed by atoms with Gasteiger partial charge in [-0.25, -0.2) is 0 Å². The summed E-state index contributed by atoms with van der Waals surface area (Å²) in [7, 11) is 1.63. The Morgan fingerprint density at radius 1 is 1.03 bits per heavy atom. The zero-order chi connectivity index (χ0) is 21.7. The van der Waals surface area contributed by atoms with Gasteiger partial charge < -0.3 is 9.40 Å². The second-order valence-corrected chi connectivity index (χ2v) is 7.31. The van der Waals surface area contributed by atoms with Crippen LogP contribution >= 0.6 is 12.4 Å². The minimum absolute atomic E-state index is 0. The highest BCUT2D eigenvalue weighted by Crippen LogP contribution is 2.31. The fourth-order valence-electron chi connectivity index (χ4n) is 3.52. The highest BCUT2D eigenvalue weighted by molar-refractivity contribution is 5.96. The first kappa shape index (κ1) is 24.1. The van der Waals surface area contributed by atoms with Crippen LogP contribution in [0.15, 0.2) is 71.7 Å². The second kappa shape index (κ2) is 10.7. The molecule has 0 amide bonds. The van der Waals surface area contributed by atoms with E-state index in [1.165, 1.54) is 10.6 Å². The largest absolute Gasteiger partial charge is 0.373 e.